The number of aromatic nitrogens is 3. The zero-order chi connectivity index (χ0) is 46.8. The van der Waals surface area contributed by atoms with Gasteiger partial charge in [0.1, 0.15) is 35.0 Å². The molecule has 0 spiro atoms. The number of piperazine rings is 1. The van der Waals surface area contributed by atoms with Gasteiger partial charge >= 0.3 is 0 Å². The van der Waals surface area contributed by atoms with E-state index in [-0.39, 0.29) is 5.78 Å². The molecule has 0 unspecified atom stereocenters. The number of benzene rings is 1. The number of imidazole rings is 1. The number of nitrogens with zero attached hydrogens (tertiary/aromatic N) is 4. The minimum atomic E-state index is 0.124. The molecule has 19 heteroatoms. The molecule has 3 aromatic rings. The number of ether oxygens (including phenoxy) is 12. The van der Waals surface area contributed by atoms with E-state index in [0.29, 0.717) is 171 Å². The number of hydrogen-bond donors (Lipinski definition) is 2. The van der Waals surface area contributed by atoms with Crippen molar-refractivity contribution in [1.29, 1.82) is 0 Å². The number of rotatable bonds is 43. The predicted octanol–water partition coefficient (Wildman–Crippen LogP) is 3.48. The number of anilines is 2. The summed E-state index contributed by atoms with van der Waals surface area (Å²) in [6.07, 6.45) is 3.56. The van der Waals surface area contributed by atoms with Crippen LogP contribution in [0.3, 0.4) is 0 Å². The number of ketones is 1. The van der Waals surface area contributed by atoms with E-state index in [0.717, 1.165) is 84.2 Å². The van der Waals surface area contributed by atoms with Crippen LogP contribution in [-0.2, 0) is 68.1 Å². The maximum Gasteiger partial charge on any atom is 0.150 e. The van der Waals surface area contributed by atoms with Crippen LogP contribution in [0.2, 0.25) is 0 Å². The number of nitrogens with two attached hydrogens (primary N) is 1. The Labute approximate surface area is 392 Å². The number of quaternary nitrogens is 1. The number of hydrogen-bond acceptors (Lipinski definition) is 17. The van der Waals surface area contributed by atoms with E-state index in [1.54, 1.807) is 6.92 Å². The third-order valence-electron chi connectivity index (χ3n) is 10.9. The molecule has 1 saturated heterocycles. The second-order valence-corrected chi connectivity index (χ2v) is 16.3. The lowest BCUT2D eigenvalue weighted by atomic mass is 10.1. The topological polar surface area (TPSA) is 199 Å². The van der Waals surface area contributed by atoms with Crippen molar-refractivity contribution in [2.24, 2.45) is 0 Å². The van der Waals surface area contributed by atoms with Gasteiger partial charge in [-0.15, -0.1) is 0 Å². The van der Waals surface area contributed by atoms with Crippen LogP contribution in [-0.4, -0.2) is 224 Å². The molecular weight excluding hydrogens is 857 g/mol. The normalized spacial score (nSPS) is 14.0. The molecule has 0 amide bonds. The van der Waals surface area contributed by atoms with Gasteiger partial charge in [-0.2, -0.15) is 0 Å². The van der Waals surface area contributed by atoms with E-state index in [1.165, 1.54) is 5.69 Å². The van der Waals surface area contributed by atoms with Crippen LogP contribution < -0.4 is 10.6 Å². The fourth-order valence-corrected chi connectivity index (χ4v) is 6.91. The standard InChI is InChI=1S/C47H81N6O13/c1-4-5-6-44-50-45-42-39-41(7-8-43(42)49-47(48)46(45)51-44)52-10-12-53(3,13-11-52)14-16-56-18-20-58-22-24-60-26-28-62-30-32-64-34-36-66-38-37-65-35-33-63-31-29-61-27-25-59-23-21-57-19-17-55-15-9-40(2)54/h7-8,39H,4-6,9-38H2,1-3H3,(H2,48,49)(H,50,51)/q+1. The molecule has 1 aromatic carbocycles. The van der Waals surface area contributed by atoms with Crippen molar-refractivity contribution < 1.29 is 66.1 Å². The predicted molar refractivity (Wildman–Crippen MR) is 253 cm³/mol. The van der Waals surface area contributed by atoms with E-state index in [1.807, 2.05) is 0 Å². The monoisotopic (exact) mass is 938 g/mol. The Morgan fingerprint density at radius 3 is 1.44 bits per heavy atom. The molecule has 3 N–H and O–H groups in total. The first-order valence-electron chi connectivity index (χ1n) is 24.0. The SMILES string of the molecule is CCCCc1nc2c([nH]1)c(N)nc1ccc(N3CC[N+](C)(CCOCCOCCOCCOCCOCCOCCOCCOCCOCCOCCOCCOCCC(C)=O)CC3)cc12. The maximum absolute atomic E-state index is 10.8. The lowest BCUT2D eigenvalue weighted by Crippen LogP contribution is -2.58. The Bertz CT molecular complexity index is 1700. The number of aryl methyl sites for hydroxylation is 1. The molecule has 1 fully saturated rings. The number of nitrogen functional groups attached to an aromatic ring is 1. The molecule has 1 aliphatic rings. The highest BCUT2D eigenvalue weighted by atomic mass is 16.6. The zero-order valence-corrected chi connectivity index (χ0v) is 40.2. The van der Waals surface area contributed by atoms with Crippen molar-refractivity contribution in [1.82, 2.24) is 15.0 Å². The van der Waals surface area contributed by atoms with Crippen LogP contribution in [0.4, 0.5) is 11.5 Å². The van der Waals surface area contributed by atoms with E-state index in [9.17, 15) is 4.79 Å². The Kier molecular flexibility index (Phi) is 29.4. The Hall–Kier alpha value is -3.15. The maximum atomic E-state index is 10.8. The highest BCUT2D eigenvalue weighted by Gasteiger charge is 2.29. The number of nitrogens with one attached hydrogen (secondary N) is 1. The van der Waals surface area contributed by atoms with Crippen molar-refractivity contribution in [3.8, 4) is 0 Å². The lowest BCUT2D eigenvalue weighted by molar-refractivity contribution is -0.910. The summed E-state index contributed by atoms with van der Waals surface area (Å²) in [5.41, 5.74) is 10.1. The van der Waals surface area contributed by atoms with Crippen LogP contribution in [0.5, 0.6) is 0 Å². The summed E-state index contributed by atoms with van der Waals surface area (Å²) in [5, 5.41) is 1.05. The molecule has 0 saturated carbocycles. The van der Waals surface area contributed by atoms with E-state index in [4.69, 9.17) is 67.6 Å². The largest absolute Gasteiger partial charge is 0.382 e. The van der Waals surface area contributed by atoms with Crippen molar-refractivity contribution in [3.63, 3.8) is 0 Å². The summed E-state index contributed by atoms with van der Waals surface area (Å²) in [4.78, 5) is 26.3. The summed E-state index contributed by atoms with van der Waals surface area (Å²) < 4.78 is 67.5. The molecule has 4 rings (SSSR count). The molecule has 2 aromatic heterocycles. The number of fused-ring (bicyclic) bond motifs is 3. The first-order valence-corrected chi connectivity index (χ1v) is 24.0. The number of carbonyl (C=O) groups is 1. The second kappa shape index (κ2) is 35.0. The van der Waals surface area contributed by atoms with E-state index in [2.05, 4.69) is 47.0 Å². The van der Waals surface area contributed by atoms with Gasteiger partial charge in [-0.05, 0) is 31.5 Å². The number of aromatic amines is 1. The minimum absolute atomic E-state index is 0.124. The molecule has 1 aliphatic heterocycles. The smallest absolute Gasteiger partial charge is 0.150 e. The van der Waals surface area contributed by atoms with Gasteiger partial charge < -0.3 is 76.9 Å². The molecule has 376 valence electrons. The van der Waals surface area contributed by atoms with Gasteiger partial charge in [-0.3, -0.25) is 4.79 Å². The summed E-state index contributed by atoms with van der Waals surface area (Å²) in [5.74, 6) is 1.60. The minimum Gasteiger partial charge on any atom is -0.382 e. The molecule has 3 heterocycles. The molecule has 0 aliphatic carbocycles. The molecule has 0 bridgehead atoms. The van der Waals surface area contributed by atoms with Gasteiger partial charge in [0.05, 0.1) is 197 Å². The average Bonchev–Trinajstić information content (AvgIpc) is 3.76. The Morgan fingerprint density at radius 1 is 0.621 bits per heavy atom. The molecule has 0 radical (unpaired) electrons. The van der Waals surface area contributed by atoms with Crippen molar-refractivity contribution in [3.05, 3.63) is 24.0 Å². The summed E-state index contributed by atoms with van der Waals surface area (Å²) >= 11 is 0. The van der Waals surface area contributed by atoms with Gasteiger partial charge in [-0.1, -0.05) is 13.3 Å². The van der Waals surface area contributed by atoms with Crippen LogP contribution in [0, 0.1) is 0 Å². The highest BCUT2D eigenvalue weighted by molar-refractivity contribution is 6.07. The van der Waals surface area contributed by atoms with Gasteiger partial charge in [-0.25, -0.2) is 9.97 Å². The van der Waals surface area contributed by atoms with Gasteiger partial charge in [0.25, 0.3) is 0 Å². The Balaban J connectivity index is 0.830. The first-order chi connectivity index (χ1) is 32.4. The molecule has 66 heavy (non-hydrogen) atoms. The summed E-state index contributed by atoms with van der Waals surface area (Å²) in [6, 6.07) is 6.45. The Morgan fingerprint density at radius 2 is 1.03 bits per heavy atom. The highest BCUT2D eigenvalue weighted by Crippen LogP contribution is 2.30. The average molecular weight is 938 g/mol. The van der Waals surface area contributed by atoms with Crippen molar-refractivity contribution >= 4 is 39.2 Å². The number of unbranched alkanes of at least 4 members (excludes halogenated alkanes) is 1. The molecule has 0 atom stereocenters. The third-order valence-corrected chi connectivity index (χ3v) is 10.9. The number of H-pyrrole nitrogens is 1. The number of Topliss-reactive ketones (excluding diaryl/α,β-unsaturated/α-hetero) is 1. The van der Waals surface area contributed by atoms with Crippen LogP contribution >= 0.6 is 0 Å². The summed E-state index contributed by atoms with van der Waals surface area (Å²) in [7, 11) is 2.32. The van der Waals surface area contributed by atoms with Crippen LogP contribution in [0.15, 0.2) is 18.2 Å². The fraction of sp³-hybridized carbons (Fsp3) is 0.766. The molecular formula is C47H81N6O13+. The molecule has 19 nitrogen and oxygen atoms in total. The zero-order valence-electron chi connectivity index (χ0n) is 40.2. The van der Waals surface area contributed by atoms with Crippen molar-refractivity contribution in [2.75, 3.05) is 209 Å². The van der Waals surface area contributed by atoms with Crippen molar-refractivity contribution in [2.45, 2.75) is 39.5 Å². The van der Waals surface area contributed by atoms with E-state index < -0.39 is 0 Å². The first kappa shape index (κ1) is 55.4. The van der Waals surface area contributed by atoms with Crippen LogP contribution in [0.1, 0.15) is 38.9 Å². The van der Waals surface area contributed by atoms with Gasteiger partial charge in [0, 0.05) is 23.9 Å². The lowest BCUT2D eigenvalue weighted by Gasteiger charge is -2.42. The number of carbonyl (C=O) groups excluding carboxylic acids is 1. The number of likely N-dealkylation sites (N-methyl/N-ethyl adjacent to an activating group) is 1. The number of pyridine rings is 1. The van der Waals surface area contributed by atoms with Gasteiger partial charge in [0.2, 0.25) is 0 Å². The fourth-order valence-electron chi connectivity index (χ4n) is 6.91. The second-order valence-electron chi connectivity index (χ2n) is 16.3. The third kappa shape index (κ3) is 23.7. The van der Waals surface area contributed by atoms with E-state index >= 15 is 0 Å². The van der Waals surface area contributed by atoms with Crippen LogP contribution in [0.25, 0.3) is 21.9 Å². The quantitative estimate of drug-likeness (QED) is 0.0617. The van der Waals surface area contributed by atoms with Gasteiger partial charge in [0.15, 0.2) is 0 Å². The summed E-state index contributed by atoms with van der Waals surface area (Å²) in [6.45, 7) is 21.0.